The number of carbonyl (C=O) groups is 1. The highest BCUT2D eigenvalue weighted by atomic mass is 35.5. The highest BCUT2D eigenvalue weighted by molar-refractivity contribution is 6.30. The van der Waals surface area contributed by atoms with E-state index in [2.05, 4.69) is 24.0 Å². The van der Waals surface area contributed by atoms with Crippen LogP contribution in [0.15, 0.2) is 59.2 Å². The maximum atomic E-state index is 12.2. The standard InChI is InChI=1S/C24H24ClNO2/c1-2-16-6-8-18(9-7-16)19-10-12-20(13-11-19)23-26-22(24(27)28-23)15-17-4-3-5-21(25)14-17/h3-5,10-16,18H,2,6-9H2,1H3. The lowest BCUT2D eigenvalue weighted by Gasteiger charge is -2.28. The second-order valence-corrected chi connectivity index (χ2v) is 8.08. The van der Waals surface area contributed by atoms with Crippen LogP contribution in [-0.4, -0.2) is 11.9 Å². The van der Waals surface area contributed by atoms with Crippen molar-refractivity contribution < 1.29 is 9.53 Å². The molecule has 3 nitrogen and oxygen atoms in total. The maximum Gasteiger partial charge on any atom is 0.363 e. The number of ether oxygens (including phenoxy) is 1. The number of halogens is 1. The Morgan fingerprint density at radius 2 is 1.86 bits per heavy atom. The Morgan fingerprint density at radius 1 is 1.11 bits per heavy atom. The molecule has 0 saturated heterocycles. The van der Waals surface area contributed by atoms with E-state index < -0.39 is 5.97 Å². The van der Waals surface area contributed by atoms with E-state index in [1.54, 1.807) is 18.2 Å². The van der Waals surface area contributed by atoms with Gasteiger partial charge in [0.25, 0.3) is 0 Å². The second-order valence-electron chi connectivity index (χ2n) is 7.64. The number of esters is 1. The molecule has 0 radical (unpaired) electrons. The average molecular weight is 394 g/mol. The van der Waals surface area contributed by atoms with E-state index in [0.717, 1.165) is 17.0 Å². The van der Waals surface area contributed by atoms with Gasteiger partial charge < -0.3 is 4.74 Å². The zero-order chi connectivity index (χ0) is 19.5. The van der Waals surface area contributed by atoms with Gasteiger partial charge in [0, 0.05) is 10.6 Å². The largest absolute Gasteiger partial charge is 0.402 e. The van der Waals surface area contributed by atoms with Crippen molar-refractivity contribution >= 4 is 29.5 Å². The third-order valence-corrected chi connectivity index (χ3v) is 6.06. The van der Waals surface area contributed by atoms with Crippen molar-refractivity contribution in [3.8, 4) is 0 Å². The van der Waals surface area contributed by atoms with Gasteiger partial charge in [-0.05, 0) is 79.0 Å². The van der Waals surface area contributed by atoms with Crippen molar-refractivity contribution in [1.29, 1.82) is 0 Å². The Kier molecular flexibility index (Phi) is 5.63. The average Bonchev–Trinajstić information content (AvgIpc) is 3.08. The van der Waals surface area contributed by atoms with E-state index in [1.165, 1.54) is 37.7 Å². The van der Waals surface area contributed by atoms with Gasteiger partial charge in [-0.15, -0.1) is 0 Å². The van der Waals surface area contributed by atoms with Gasteiger partial charge in [-0.1, -0.05) is 49.2 Å². The molecule has 28 heavy (non-hydrogen) atoms. The van der Waals surface area contributed by atoms with E-state index in [4.69, 9.17) is 16.3 Å². The zero-order valence-electron chi connectivity index (χ0n) is 16.0. The van der Waals surface area contributed by atoms with E-state index in [0.29, 0.717) is 22.5 Å². The summed E-state index contributed by atoms with van der Waals surface area (Å²) in [6.07, 6.45) is 8.17. The number of nitrogens with zero attached hydrogens (tertiary/aromatic N) is 1. The van der Waals surface area contributed by atoms with Gasteiger partial charge in [0.2, 0.25) is 5.90 Å². The molecule has 0 amide bonds. The topological polar surface area (TPSA) is 38.7 Å². The minimum atomic E-state index is -0.433. The fraction of sp³-hybridized carbons (Fsp3) is 0.333. The van der Waals surface area contributed by atoms with Crippen LogP contribution in [0.1, 0.15) is 61.6 Å². The molecule has 0 atom stereocenters. The lowest BCUT2D eigenvalue weighted by atomic mass is 9.78. The minimum absolute atomic E-state index is 0.291. The van der Waals surface area contributed by atoms with E-state index >= 15 is 0 Å². The molecular formula is C24H24ClNO2. The van der Waals surface area contributed by atoms with Crippen LogP contribution in [0.3, 0.4) is 0 Å². The van der Waals surface area contributed by atoms with Gasteiger partial charge in [0.15, 0.2) is 5.70 Å². The summed E-state index contributed by atoms with van der Waals surface area (Å²) in [4.78, 5) is 16.6. The molecule has 1 heterocycles. The minimum Gasteiger partial charge on any atom is -0.402 e. The number of hydrogen-bond donors (Lipinski definition) is 0. The predicted molar refractivity (Wildman–Crippen MR) is 113 cm³/mol. The van der Waals surface area contributed by atoms with Crippen molar-refractivity contribution in [1.82, 2.24) is 0 Å². The Balaban J connectivity index is 1.49. The summed E-state index contributed by atoms with van der Waals surface area (Å²) in [6.45, 7) is 2.29. The molecule has 2 aromatic carbocycles. The molecule has 2 aromatic rings. The molecule has 0 spiro atoms. The molecular weight excluding hydrogens is 370 g/mol. The van der Waals surface area contributed by atoms with Crippen LogP contribution >= 0.6 is 11.6 Å². The number of benzene rings is 2. The third-order valence-electron chi connectivity index (χ3n) is 5.83. The van der Waals surface area contributed by atoms with Crippen molar-refractivity contribution in [2.75, 3.05) is 0 Å². The number of carbonyl (C=O) groups excluding carboxylic acids is 1. The SMILES string of the molecule is CCC1CCC(c2ccc(C3=NC(=Cc4cccc(Cl)c4)C(=O)O3)cc2)CC1. The van der Waals surface area contributed by atoms with E-state index in [-0.39, 0.29) is 0 Å². The highest BCUT2D eigenvalue weighted by Gasteiger charge is 2.25. The first-order chi connectivity index (χ1) is 13.6. The molecule has 1 aliphatic heterocycles. The normalized spacial score (nSPS) is 23.6. The van der Waals surface area contributed by atoms with E-state index in [1.807, 2.05) is 24.3 Å². The smallest absolute Gasteiger partial charge is 0.363 e. The summed E-state index contributed by atoms with van der Waals surface area (Å²) in [6, 6.07) is 15.6. The van der Waals surface area contributed by atoms with Crippen molar-refractivity contribution in [3.63, 3.8) is 0 Å². The lowest BCUT2D eigenvalue weighted by Crippen LogP contribution is -2.13. The van der Waals surface area contributed by atoms with Gasteiger partial charge in [-0.2, -0.15) is 0 Å². The number of aliphatic imine (C=N–C) groups is 1. The predicted octanol–water partition coefficient (Wildman–Crippen LogP) is 6.37. The first-order valence-corrected chi connectivity index (χ1v) is 10.4. The summed E-state index contributed by atoms with van der Waals surface area (Å²) in [7, 11) is 0. The summed E-state index contributed by atoms with van der Waals surface area (Å²) in [5.74, 6) is 1.46. The molecule has 144 valence electrons. The van der Waals surface area contributed by atoms with Gasteiger partial charge in [0.05, 0.1) is 0 Å². The van der Waals surface area contributed by atoms with Crippen LogP contribution < -0.4 is 0 Å². The number of cyclic esters (lactones) is 1. The number of hydrogen-bond acceptors (Lipinski definition) is 3. The van der Waals surface area contributed by atoms with Gasteiger partial charge in [-0.3, -0.25) is 0 Å². The first-order valence-electron chi connectivity index (χ1n) is 10.0. The molecule has 0 bridgehead atoms. The van der Waals surface area contributed by atoms with Gasteiger partial charge in [-0.25, -0.2) is 9.79 Å². The molecule has 1 fully saturated rings. The fourth-order valence-electron chi connectivity index (χ4n) is 4.09. The maximum absolute atomic E-state index is 12.2. The zero-order valence-corrected chi connectivity index (χ0v) is 16.8. The van der Waals surface area contributed by atoms with Crippen LogP contribution in [0.2, 0.25) is 5.02 Å². The van der Waals surface area contributed by atoms with Crippen LogP contribution in [0.5, 0.6) is 0 Å². The number of rotatable bonds is 4. The second kappa shape index (κ2) is 8.32. The summed E-state index contributed by atoms with van der Waals surface area (Å²) in [5.41, 5.74) is 3.31. The Labute approximate surface area is 171 Å². The Morgan fingerprint density at radius 3 is 2.54 bits per heavy atom. The molecule has 1 aliphatic carbocycles. The van der Waals surface area contributed by atoms with Gasteiger partial charge >= 0.3 is 5.97 Å². The Hall–Kier alpha value is -2.39. The molecule has 4 heteroatoms. The summed E-state index contributed by atoms with van der Waals surface area (Å²) in [5, 5.41) is 0.619. The molecule has 1 saturated carbocycles. The van der Waals surface area contributed by atoms with Gasteiger partial charge in [0.1, 0.15) is 0 Å². The lowest BCUT2D eigenvalue weighted by molar-refractivity contribution is -0.129. The first kappa shape index (κ1) is 18.9. The monoisotopic (exact) mass is 393 g/mol. The van der Waals surface area contributed by atoms with Crippen molar-refractivity contribution in [3.05, 3.63) is 75.9 Å². The summed E-state index contributed by atoms with van der Waals surface area (Å²) < 4.78 is 5.39. The van der Waals surface area contributed by atoms with Crippen LogP contribution in [-0.2, 0) is 9.53 Å². The molecule has 0 unspecified atom stereocenters. The van der Waals surface area contributed by atoms with Crippen LogP contribution in [0.25, 0.3) is 6.08 Å². The fourth-order valence-corrected chi connectivity index (χ4v) is 4.29. The third kappa shape index (κ3) is 4.20. The van der Waals surface area contributed by atoms with E-state index in [9.17, 15) is 4.79 Å². The molecule has 0 N–H and O–H groups in total. The van der Waals surface area contributed by atoms with Crippen LogP contribution in [0.4, 0.5) is 0 Å². The summed E-state index contributed by atoms with van der Waals surface area (Å²) >= 11 is 6.00. The highest BCUT2D eigenvalue weighted by Crippen LogP contribution is 2.37. The quantitative estimate of drug-likeness (QED) is 0.447. The van der Waals surface area contributed by atoms with Crippen LogP contribution in [0, 0.1) is 5.92 Å². The molecule has 4 rings (SSSR count). The molecule has 0 aromatic heterocycles. The van der Waals surface area contributed by atoms with Crippen molar-refractivity contribution in [2.24, 2.45) is 10.9 Å². The molecule has 2 aliphatic rings. The van der Waals surface area contributed by atoms with Crippen molar-refractivity contribution in [2.45, 2.75) is 44.9 Å². The Bertz CT molecular complexity index is 922.